The van der Waals surface area contributed by atoms with Crippen LogP contribution in [0.1, 0.15) is 10.9 Å². The van der Waals surface area contributed by atoms with E-state index >= 15 is 0 Å². The number of carbonyl (C=O) groups excluding carboxylic acids is 1. The number of aromatic nitrogens is 1. The number of hydrogen-bond donors (Lipinski definition) is 2. The summed E-state index contributed by atoms with van der Waals surface area (Å²) in [6.07, 6.45) is 1.51. The highest BCUT2D eigenvalue weighted by molar-refractivity contribution is 7.93. The normalized spacial score (nSPS) is 12.3. The molecule has 26 heavy (non-hydrogen) atoms. The Labute approximate surface area is 159 Å². The van der Waals surface area contributed by atoms with Crippen molar-refractivity contribution in [1.82, 2.24) is 4.98 Å². The zero-order valence-electron chi connectivity index (χ0n) is 13.3. The van der Waals surface area contributed by atoms with Crippen molar-refractivity contribution in [3.63, 3.8) is 0 Å². The molecular weight excluding hydrogens is 394 g/mol. The molecule has 3 rings (SSSR count). The number of sulfonamides is 1. The van der Waals surface area contributed by atoms with Gasteiger partial charge in [0.15, 0.2) is 5.13 Å². The molecule has 0 fully saturated rings. The maximum atomic E-state index is 12.3. The number of thiazole rings is 1. The SMILES string of the molecule is O=C(Nc1ccc(S(=O)(=O)Nc2nccs2)cc1)C(Cl)c1ccccc1. The lowest BCUT2D eigenvalue weighted by atomic mass is 10.1. The molecule has 0 aliphatic carbocycles. The maximum absolute atomic E-state index is 12.3. The maximum Gasteiger partial charge on any atom is 0.263 e. The highest BCUT2D eigenvalue weighted by Crippen LogP contribution is 2.23. The Morgan fingerprint density at radius 2 is 1.77 bits per heavy atom. The standard InChI is InChI=1S/C17H14ClN3O3S2/c18-15(12-4-2-1-3-5-12)16(22)20-13-6-8-14(9-7-13)26(23,24)21-17-19-10-11-25-17/h1-11,15H,(H,19,21)(H,20,22). The molecule has 3 aromatic rings. The van der Waals surface area contributed by atoms with Gasteiger partial charge in [-0.3, -0.25) is 9.52 Å². The second-order valence-electron chi connectivity index (χ2n) is 5.23. The molecule has 9 heteroatoms. The summed E-state index contributed by atoms with van der Waals surface area (Å²) in [5, 5.41) is 3.79. The fourth-order valence-corrected chi connectivity index (χ4v) is 4.13. The number of halogens is 1. The molecular formula is C17H14ClN3O3S2. The lowest BCUT2D eigenvalue weighted by molar-refractivity contribution is -0.116. The summed E-state index contributed by atoms with van der Waals surface area (Å²) >= 11 is 7.35. The van der Waals surface area contributed by atoms with Crippen LogP contribution >= 0.6 is 22.9 Å². The molecule has 0 spiro atoms. The monoisotopic (exact) mass is 407 g/mol. The Balaban J connectivity index is 1.68. The lowest BCUT2D eigenvalue weighted by Gasteiger charge is -2.11. The van der Waals surface area contributed by atoms with Crippen LogP contribution in [0.2, 0.25) is 0 Å². The van der Waals surface area contributed by atoms with Gasteiger partial charge >= 0.3 is 0 Å². The zero-order valence-corrected chi connectivity index (χ0v) is 15.7. The Morgan fingerprint density at radius 1 is 1.08 bits per heavy atom. The number of nitrogens with one attached hydrogen (secondary N) is 2. The second kappa shape index (κ2) is 7.86. The van der Waals surface area contributed by atoms with E-state index in [2.05, 4.69) is 15.0 Å². The quantitative estimate of drug-likeness (QED) is 0.607. The van der Waals surface area contributed by atoms with Gasteiger partial charge in [-0.05, 0) is 29.8 Å². The van der Waals surface area contributed by atoms with Crippen molar-refractivity contribution in [2.24, 2.45) is 0 Å². The Bertz CT molecular complexity index is 976. The Hall–Kier alpha value is -2.42. The third-order valence-electron chi connectivity index (χ3n) is 3.41. The van der Waals surface area contributed by atoms with E-state index in [9.17, 15) is 13.2 Å². The van der Waals surface area contributed by atoms with Crippen LogP contribution < -0.4 is 10.0 Å². The largest absolute Gasteiger partial charge is 0.325 e. The highest BCUT2D eigenvalue weighted by Gasteiger charge is 2.19. The fourth-order valence-electron chi connectivity index (χ4n) is 2.14. The summed E-state index contributed by atoms with van der Waals surface area (Å²) in [4.78, 5) is 16.2. The highest BCUT2D eigenvalue weighted by atomic mass is 35.5. The molecule has 2 aromatic carbocycles. The van der Waals surface area contributed by atoms with Crippen LogP contribution in [-0.2, 0) is 14.8 Å². The van der Waals surface area contributed by atoms with Crippen molar-refractivity contribution in [3.05, 3.63) is 71.7 Å². The van der Waals surface area contributed by atoms with E-state index in [0.29, 0.717) is 11.3 Å². The van der Waals surface area contributed by atoms with Crippen LogP contribution in [0.5, 0.6) is 0 Å². The van der Waals surface area contributed by atoms with Gasteiger partial charge in [-0.2, -0.15) is 0 Å². The number of amides is 1. The Morgan fingerprint density at radius 3 is 2.38 bits per heavy atom. The predicted molar refractivity (Wildman–Crippen MR) is 103 cm³/mol. The summed E-state index contributed by atoms with van der Waals surface area (Å²) in [5.74, 6) is -0.394. The molecule has 0 saturated carbocycles. The molecule has 0 saturated heterocycles. The van der Waals surface area contributed by atoms with Crippen LogP contribution in [0.4, 0.5) is 10.8 Å². The molecule has 1 aromatic heterocycles. The summed E-state index contributed by atoms with van der Waals surface area (Å²) in [5.41, 5.74) is 1.13. The third-order valence-corrected chi connectivity index (χ3v) is 6.03. The van der Waals surface area contributed by atoms with Gasteiger partial charge in [0.1, 0.15) is 5.38 Å². The summed E-state index contributed by atoms with van der Waals surface area (Å²) in [7, 11) is -3.73. The van der Waals surface area contributed by atoms with Gasteiger partial charge in [-0.25, -0.2) is 13.4 Å². The van der Waals surface area contributed by atoms with E-state index in [1.165, 1.54) is 41.8 Å². The first kappa shape index (κ1) is 18.4. The smallest absolute Gasteiger partial charge is 0.263 e. The number of alkyl halides is 1. The molecule has 0 bridgehead atoms. The molecule has 1 atom stereocenters. The number of anilines is 2. The first-order valence-corrected chi connectivity index (χ1v) is 10.3. The van der Waals surface area contributed by atoms with Gasteiger partial charge in [-0.15, -0.1) is 22.9 Å². The van der Waals surface area contributed by atoms with Crippen molar-refractivity contribution >= 4 is 49.7 Å². The minimum absolute atomic E-state index is 0.0659. The second-order valence-corrected chi connectivity index (χ2v) is 8.24. The average Bonchev–Trinajstić information content (AvgIpc) is 3.14. The molecule has 6 nitrogen and oxygen atoms in total. The minimum Gasteiger partial charge on any atom is -0.325 e. The van der Waals surface area contributed by atoms with Gasteiger partial charge in [0.2, 0.25) is 5.91 Å². The molecule has 1 amide bonds. The minimum atomic E-state index is -3.73. The van der Waals surface area contributed by atoms with Crippen molar-refractivity contribution in [2.45, 2.75) is 10.3 Å². The van der Waals surface area contributed by atoms with Crippen molar-refractivity contribution in [1.29, 1.82) is 0 Å². The van der Waals surface area contributed by atoms with Crippen molar-refractivity contribution in [3.8, 4) is 0 Å². The average molecular weight is 408 g/mol. The lowest BCUT2D eigenvalue weighted by Crippen LogP contribution is -2.17. The van der Waals surface area contributed by atoms with E-state index in [1.54, 1.807) is 29.6 Å². The van der Waals surface area contributed by atoms with E-state index in [4.69, 9.17) is 11.6 Å². The molecule has 0 aliphatic heterocycles. The van der Waals surface area contributed by atoms with E-state index < -0.39 is 21.3 Å². The van der Waals surface area contributed by atoms with E-state index in [-0.39, 0.29) is 10.0 Å². The van der Waals surface area contributed by atoms with Crippen LogP contribution in [0.15, 0.2) is 71.1 Å². The van der Waals surface area contributed by atoms with E-state index in [0.717, 1.165) is 0 Å². The summed E-state index contributed by atoms with van der Waals surface area (Å²) in [6.45, 7) is 0. The Kier molecular flexibility index (Phi) is 5.55. The molecule has 0 radical (unpaired) electrons. The van der Waals surface area contributed by atoms with Gasteiger partial charge in [0.25, 0.3) is 10.0 Å². The van der Waals surface area contributed by atoms with Crippen molar-refractivity contribution < 1.29 is 13.2 Å². The molecule has 1 heterocycles. The molecule has 134 valence electrons. The number of benzene rings is 2. The van der Waals surface area contributed by atoms with Gasteiger partial charge < -0.3 is 5.32 Å². The van der Waals surface area contributed by atoms with Crippen LogP contribution in [0.25, 0.3) is 0 Å². The predicted octanol–water partition coefficient (Wildman–Crippen LogP) is 3.86. The first-order valence-electron chi connectivity index (χ1n) is 7.48. The van der Waals surface area contributed by atoms with Gasteiger partial charge in [0.05, 0.1) is 4.90 Å². The number of carbonyl (C=O) groups is 1. The van der Waals surface area contributed by atoms with Gasteiger partial charge in [0, 0.05) is 17.3 Å². The topological polar surface area (TPSA) is 88.2 Å². The zero-order chi connectivity index (χ0) is 18.6. The molecule has 0 aliphatic rings. The van der Waals surface area contributed by atoms with Crippen LogP contribution in [0.3, 0.4) is 0 Å². The third kappa shape index (κ3) is 4.40. The molecule has 1 unspecified atom stereocenters. The molecule has 2 N–H and O–H groups in total. The fraction of sp³-hybridized carbons (Fsp3) is 0.0588. The first-order chi connectivity index (χ1) is 12.5. The number of rotatable bonds is 6. The summed E-state index contributed by atoms with van der Waals surface area (Å²) < 4.78 is 26.9. The summed E-state index contributed by atoms with van der Waals surface area (Å²) in [6, 6.07) is 14.8. The number of hydrogen-bond acceptors (Lipinski definition) is 5. The van der Waals surface area contributed by atoms with Gasteiger partial charge in [-0.1, -0.05) is 30.3 Å². The van der Waals surface area contributed by atoms with E-state index in [1.807, 2.05) is 6.07 Å². The van der Waals surface area contributed by atoms with Crippen molar-refractivity contribution in [2.75, 3.05) is 10.0 Å². The van der Waals surface area contributed by atoms with Crippen LogP contribution in [0, 0.1) is 0 Å². The van der Waals surface area contributed by atoms with Crippen LogP contribution in [-0.4, -0.2) is 19.3 Å². The number of nitrogens with zero attached hydrogens (tertiary/aromatic N) is 1.